The van der Waals surface area contributed by atoms with E-state index in [0.717, 1.165) is 28.2 Å². The maximum atomic E-state index is 12.9. The predicted octanol–water partition coefficient (Wildman–Crippen LogP) is 2.92. The number of carbonyl (C=O) groups is 1. The molecule has 0 unspecified atom stereocenters. The third kappa shape index (κ3) is 3.74. The zero-order valence-corrected chi connectivity index (χ0v) is 17.1. The summed E-state index contributed by atoms with van der Waals surface area (Å²) in [5.41, 5.74) is 5.31. The SMILES string of the molecule is Cc1ccc(C)c(NC(=O)Cn2c(-n3nc(C)cc3C)nc(C)c(C)c2=O)c1. The molecule has 2 aromatic heterocycles. The molecule has 1 amide bonds. The van der Waals surface area contributed by atoms with E-state index >= 15 is 0 Å². The van der Waals surface area contributed by atoms with Gasteiger partial charge in [0, 0.05) is 22.6 Å². The fraction of sp³-hybridized carbons (Fsp3) is 0.333. The van der Waals surface area contributed by atoms with E-state index in [0.29, 0.717) is 17.2 Å². The zero-order chi connectivity index (χ0) is 20.6. The van der Waals surface area contributed by atoms with E-state index in [1.807, 2.05) is 52.0 Å². The molecule has 0 aliphatic heterocycles. The number of amides is 1. The van der Waals surface area contributed by atoms with Crippen molar-refractivity contribution in [3.63, 3.8) is 0 Å². The van der Waals surface area contributed by atoms with Gasteiger partial charge >= 0.3 is 0 Å². The van der Waals surface area contributed by atoms with Crippen LogP contribution in [0.3, 0.4) is 0 Å². The van der Waals surface area contributed by atoms with Crippen LogP contribution in [-0.2, 0) is 11.3 Å². The molecule has 1 aromatic carbocycles. The summed E-state index contributed by atoms with van der Waals surface area (Å²) in [4.78, 5) is 30.2. The van der Waals surface area contributed by atoms with Crippen molar-refractivity contribution in [1.29, 1.82) is 0 Å². The Labute approximate surface area is 164 Å². The number of aryl methyl sites for hydroxylation is 5. The lowest BCUT2D eigenvalue weighted by Gasteiger charge is -2.16. The van der Waals surface area contributed by atoms with Crippen LogP contribution in [0.5, 0.6) is 0 Å². The van der Waals surface area contributed by atoms with Crippen LogP contribution in [0.1, 0.15) is 33.8 Å². The van der Waals surface area contributed by atoms with Crippen LogP contribution in [-0.4, -0.2) is 25.2 Å². The highest BCUT2D eigenvalue weighted by molar-refractivity contribution is 5.91. The molecule has 7 heteroatoms. The number of nitrogens with one attached hydrogen (secondary N) is 1. The van der Waals surface area contributed by atoms with Gasteiger partial charge in [-0.1, -0.05) is 12.1 Å². The maximum Gasteiger partial charge on any atom is 0.258 e. The van der Waals surface area contributed by atoms with Gasteiger partial charge in [-0.2, -0.15) is 5.10 Å². The maximum absolute atomic E-state index is 12.9. The number of aromatic nitrogens is 4. The van der Waals surface area contributed by atoms with Gasteiger partial charge < -0.3 is 5.32 Å². The van der Waals surface area contributed by atoms with Crippen molar-refractivity contribution < 1.29 is 4.79 Å². The minimum Gasteiger partial charge on any atom is -0.324 e. The van der Waals surface area contributed by atoms with E-state index in [1.54, 1.807) is 18.5 Å². The summed E-state index contributed by atoms with van der Waals surface area (Å²) in [6.07, 6.45) is 0. The van der Waals surface area contributed by atoms with Gasteiger partial charge in [0.1, 0.15) is 6.54 Å². The second kappa shape index (κ2) is 7.42. The Hall–Kier alpha value is -3.22. The van der Waals surface area contributed by atoms with Crippen molar-refractivity contribution in [1.82, 2.24) is 19.3 Å². The first-order chi connectivity index (χ1) is 13.2. The molecule has 1 N–H and O–H groups in total. The van der Waals surface area contributed by atoms with Crippen LogP contribution in [0.2, 0.25) is 0 Å². The molecule has 0 radical (unpaired) electrons. The van der Waals surface area contributed by atoms with Crippen LogP contribution in [0.4, 0.5) is 5.69 Å². The number of rotatable bonds is 4. The van der Waals surface area contributed by atoms with E-state index in [9.17, 15) is 9.59 Å². The van der Waals surface area contributed by atoms with E-state index in [1.165, 1.54) is 4.57 Å². The quantitative estimate of drug-likeness (QED) is 0.756. The van der Waals surface area contributed by atoms with Crippen molar-refractivity contribution in [2.24, 2.45) is 0 Å². The van der Waals surface area contributed by atoms with Crippen molar-refractivity contribution >= 4 is 11.6 Å². The highest BCUT2D eigenvalue weighted by Crippen LogP contribution is 2.17. The monoisotopic (exact) mass is 379 g/mol. The Morgan fingerprint density at radius 3 is 2.43 bits per heavy atom. The third-order valence-corrected chi connectivity index (χ3v) is 4.79. The molecule has 0 saturated heterocycles. The third-order valence-electron chi connectivity index (χ3n) is 4.79. The lowest BCUT2D eigenvalue weighted by atomic mass is 10.1. The average Bonchev–Trinajstić information content (AvgIpc) is 2.96. The number of hydrogen-bond acceptors (Lipinski definition) is 4. The second-order valence-electron chi connectivity index (χ2n) is 7.22. The molecule has 7 nitrogen and oxygen atoms in total. The van der Waals surface area contributed by atoms with Gasteiger partial charge in [0.2, 0.25) is 11.9 Å². The molecule has 0 atom stereocenters. The van der Waals surface area contributed by atoms with Gasteiger partial charge in [-0.05, 0) is 64.8 Å². The fourth-order valence-electron chi connectivity index (χ4n) is 3.08. The summed E-state index contributed by atoms with van der Waals surface area (Å²) in [6.45, 7) is 11.0. The zero-order valence-electron chi connectivity index (χ0n) is 17.1. The summed E-state index contributed by atoms with van der Waals surface area (Å²) >= 11 is 0. The molecule has 0 aliphatic carbocycles. The smallest absolute Gasteiger partial charge is 0.258 e. The first kappa shape index (κ1) is 19.5. The number of carbonyl (C=O) groups excluding carboxylic acids is 1. The van der Waals surface area contributed by atoms with Crippen LogP contribution >= 0.6 is 0 Å². The number of benzene rings is 1. The normalized spacial score (nSPS) is 10.9. The van der Waals surface area contributed by atoms with E-state index in [4.69, 9.17) is 0 Å². The Bertz CT molecular complexity index is 1120. The highest BCUT2D eigenvalue weighted by atomic mass is 16.2. The molecule has 3 rings (SSSR count). The van der Waals surface area contributed by atoms with Gasteiger partial charge in [0.25, 0.3) is 5.56 Å². The van der Waals surface area contributed by atoms with Gasteiger partial charge in [0.05, 0.1) is 5.69 Å². The molecule has 0 bridgehead atoms. The predicted molar refractivity (Wildman–Crippen MR) is 109 cm³/mol. The summed E-state index contributed by atoms with van der Waals surface area (Å²) in [5.74, 6) is 0.0541. The first-order valence-corrected chi connectivity index (χ1v) is 9.16. The molecule has 28 heavy (non-hydrogen) atoms. The molecule has 0 fully saturated rings. The van der Waals surface area contributed by atoms with E-state index in [-0.39, 0.29) is 18.0 Å². The van der Waals surface area contributed by atoms with Crippen LogP contribution < -0.4 is 10.9 Å². The van der Waals surface area contributed by atoms with E-state index < -0.39 is 0 Å². The number of anilines is 1. The molecule has 3 aromatic rings. The van der Waals surface area contributed by atoms with E-state index in [2.05, 4.69) is 15.4 Å². The lowest BCUT2D eigenvalue weighted by Crippen LogP contribution is -2.34. The van der Waals surface area contributed by atoms with Crippen molar-refractivity contribution in [2.75, 3.05) is 5.32 Å². The van der Waals surface area contributed by atoms with Crippen molar-refractivity contribution in [3.05, 3.63) is 68.4 Å². The van der Waals surface area contributed by atoms with Crippen LogP contribution in [0.15, 0.2) is 29.1 Å². The molecule has 2 heterocycles. The summed E-state index contributed by atoms with van der Waals surface area (Å²) in [5, 5.41) is 7.34. The Morgan fingerprint density at radius 1 is 1.07 bits per heavy atom. The number of nitrogens with zero attached hydrogens (tertiary/aromatic N) is 4. The summed E-state index contributed by atoms with van der Waals surface area (Å²) in [7, 11) is 0. The molecule has 0 spiro atoms. The van der Waals surface area contributed by atoms with Crippen molar-refractivity contribution in [2.45, 2.75) is 48.1 Å². The number of hydrogen-bond donors (Lipinski definition) is 1. The Balaban J connectivity index is 2.02. The largest absolute Gasteiger partial charge is 0.324 e. The first-order valence-electron chi connectivity index (χ1n) is 9.16. The molecule has 0 aliphatic rings. The fourth-order valence-corrected chi connectivity index (χ4v) is 3.08. The Morgan fingerprint density at radius 2 is 1.79 bits per heavy atom. The Kier molecular flexibility index (Phi) is 5.18. The summed E-state index contributed by atoms with van der Waals surface area (Å²) < 4.78 is 2.98. The average molecular weight is 379 g/mol. The lowest BCUT2D eigenvalue weighted by molar-refractivity contribution is -0.116. The van der Waals surface area contributed by atoms with Gasteiger partial charge in [0.15, 0.2) is 0 Å². The standard InChI is InChI=1S/C21H25N5O2/c1-12-7-8-13(2)18(9-12)23-19(27)11-25-20(28)16(5)17(6)22-21(25)26-15(4)10-14(3)24-26/h7-10H,11H2,1-6H3,(H,23,27). The van der Waals surface area contributed by atoms with Crippen LogP contribution in [0.25, 0.3) is 5.95 Å². The molecular weight excluding hydrogens is 354 g/mol. The highest BCUT2D eigenvalue weighted by Gasteiger charge is 2.18. The van der Waals surface area contributed by atoms with Gasteiger partial charge in [-0.25, -0.2) is 9.67 Å². The van der Waals surface area contributed by atoms with Crippen molar-refractivity contribution in [3.8, 4) is 5.95 Å². The van der Waals surface area contributed by atoms with Gasteiger partial charge in [-0.3, -0.25) is 14.2 Å². The summed E-state index contributed by atoms with van der Waals surface area (Å²) in [6, 6.07) is 7.76. The molecule has 146 valence electrons. The second-order valence-corrected chi connectivity index (χ2v) is 7.22. The topological polar surface area (TPSA) is 81.8 Å². The van der Waals surface area contributed by atoms with Gasteiger partial charge in [-0.15, -0.1) is 0 Å². The molecule has 0 saturated carbocycles. The molecular formula is C21H25N5O2. The minimum atomic E-state index is -0.288. The van der Waals surface area contributed by atoms with Crippen LogP contribution in [0, 0.1) is 41.5 Å². The minimum absolute atomic E-state index is 0.145.